The summed E-state index contributed by atoms with van der Waals surface area (Å²) in [6, 6.07) is 19.4. The van der Waals surface area contributed by atoms with E-state index in [4.69, 9.17) is 0 Å². The third-order valence-electron chi connectivity index (χ3n) is 6.00. The molecular formula is C26H28N4O2. The Morgan fingerprint density at radius 1 is 0.969 bits per heavy atom. The predicted molar refractivity (Wildman–Crippen MR) is 127 cm³/mol. The summed E-state index contributed by atoms with van der Waals surface area (Å²) in [5, 5.41) is 5.95. The van der Waals surface area contributed by atoms with Crippen molar-refractivity contribution in [3.63, 3.8) is 0 Å². The van der Waals surface area contributed by atoms with E-state index >= 15 is 0 Å². The molecule has 32 heavy (non-hydrogen) atoms. The summed E-state index contributed by atoms with van der Waals surface area (Å²) < 4.78 is 3.58. The molecule has 0 spiro atoms. The maximum atomic E-state index is 13.2. The highest BCUT2D eigenvalue weighted by molar-refractivity contribution is 5.87. The lowest BCUT2D eigenvalue weighted by Gasteiger charge is -2.17. The summed E-state index contributed by atoms with van der Waals surface area (Å²) in [5.74, 6) is 0.119. The summed E-state index contributed by atoms with van der Waals surface area (Å²) >= 11 is 0. The summed E-state index contributed by atoms with van der Waals surface area (Å²) in [5.41, 5.74) is 3.67. The van der Waals surface area contributed by atoms with Crippen molar-refractivity contribution in [2.24, 2.45) is 0 Å². The fraction of sp³-hybridized carbons (Fsp3) is 0.269. The van der Waals surface area contributed by atoms with Gasteiger partial charge < -0.3 is 9.47 Å². The van der Waals surface area contributed by atoms with Gasteiger partial charge in [0.15, 0.2) is 0 Å². The normalized spacial score (nSPS) is 11.1. The molecule has 4 aromatic rings. The van der Waals surface area contributed by atoms with E-state index in [2.05, 4.69) is 9.67 Å². The largest absolute Gasteiger partial charge is 0.348 e. The van der Waals surface area contributed by atoms with Crippen LogP contribution < -0.4 is 5.56 Å². The Labute approximate surface area is 187 Å². The van der Waals surface area contributed by atoms with Crippen LogP contribution in [0.4, 0.5) is 0 Å². The van der Waals surface area contributed by atoms with E-state index in [1.807, 2.05) is 81.6 Å². The van der Waals surface area contributed by atoms with E-state index < -0.39 is 0 Å². The van der Waals surface area contributed by atoms with Crippen LogP contribution in [0.1, 0.15) is 29.8 Å². The van der Waals surface area contributed by atoms with Crippen LogP contribution in [-0.2, 0) is 17.9 Å². The van der Waals surface area contributed by atoms with Crippen molar-refractivity contribution < 1.29 is 4.79 Å². The fourth-order valence-electron chi connectivity index (χ4n) is 4.22. The second kappa shape index (κ2) is 9.22. The van der Waals surface area contributed by atoms with E-state index in [1.165, 1.54) is 4.68 Å². The van der Waals surface area contributed by atoms with Crippen molar-refractivity contribution in [2.45, 2.75) is 39.8 Å². The van der Waals surface area contributed by atoms with Crippen LogP contribution in [0.3, 0.4) is 0 Å². The molecule has 0 saturated heterocycles. The zero-order valence-corrected chi connectivity index (χ0v) is 18.8. The first-order valence-electron chi connectivity index (χ1n) is 10.9. The minimum Gasteiger partial charge on any atom is -0.348 e. The van der Waals surface area contributed by atoms with Gasteiger partial charge in [-0.25, -0.2) is 0 Å². The summed E-state index contributed by atoms with van der Waals surface area (Å²) in [4.78, 5) is 27.5. The average molecular weight is 429 g/mol. The molecular weight excluding hydrogens is 400 g/mol. The Balaban J connectivity index is 1.49. The van der Waals surface area contributed by atoms with E-state index in [0.717, 1.165) is 28.0 Å². The van der Waals surface area contributed by atoms with Crippen molar-refractivity contribution >= 4 is 16.7 Å². The molecule has 164 valence electrons. The topological polar surface area (TPSA) is 60.1 Å². The maximum Gasteiger partial charge on any atom is 0.281 e. The summed E-state index contributed by atoms with van der Waals surface area (Å²) in [6.07, 6.45) is 2.94. The van der Waals surface area contributed by atoms with Crippen molar-refractivity contribution in [3.8, 4) is 5.69 Å². The molecule has 0 unspecified atom stereocenters. The zero-order valence-electron chi connectivity index (χ0n) is 18.8. The Morgan fingerprint density at radius 2 is 1.62 bits per heavy atom. The lowest BCUT2D eigenvalue weighted by atomic mass is 10.2. The van der Waals surface area contributed by atoms with Gasteiger partial charge in [-0.1, -0.05) is 48.5 Å². The van der Waals surface area contributed by atoms with E-state index in [1.54, 1.807) is 11.1 Å². The molecule has 0 fully saturated rings. The summed E-state index contributed by atoms with van der Waals surface area (Å²) in [7, 11) is 1.84. The molecule has 1 amide bonds. The van der Waals surface area contributed by atoms with Crippen LogP contribution in [0.2, 0.25) is 0 Å². The molecule has 0 radical (unpaired) electrons. The maximum absolute atomic E-state index is 13.2. The molecule has 0 aliphatic rings. The minimum atomic E-state index is -0.119. The number of carbonyl (C=O) groups is 1. The number of hydrogen-bond acceptors (Lipinski definition) is 3. The van der Waals surface area contributed by atoms with Crippen molar-refractivity contribution in [1.29, 1.82) is 0 Å². The number of carbonyl (C=O) groups excluding carboxylic acids is 1. The van der Waals surface area contributed by atoms with Crippen molar-refractivity contribution in [1.82, 2.24) is 19.2 Å². The minimum absolute atomic E-state index is 0.119. The number of rotatable bonds is 7. The molecule has 0 N–H and O–H groups in total. The number of hydrogen-bond donors (Lipinski definition) is 0. The van der Waals surface area contributed by atoms with Gasteiger partial charge in [0.05, 0.1) is 17.3 Å². The predicted octanol–water partition coefficient (Wildman–Crippen LogP) is 4.24. The third-order valence-corrected chi connectivity index (χ3v) is 6.00. The molecule has 6 heteroatoms. The lowest BCUT2D eigenvalue weighted by Crippen LogP contribution is -2.26. The van der Waals surface area contributed by atoms with Crippen LogP contribution in [0.5, 0.6) is 0 Å². The number of para-hydroxylation sites is 1. The highest BCUT2D eigenvalue weighted by Crippen LogP contribution is 2.23. The van der Waals surface area contributed by atoms with E-state index in [0.29, 0.717) is 31.3 Å². The van der Waals surface area contributed by atoms with Gasteiger partial charge in [0.2, 0.25) is 5.91 Å². The molecule has 2 heterocycles. The fourth-order valence-corrected chi connectivity index (χ4v) is 4.22. The number of benzene rings is 2. The average Bonchev–Trinajstić information content (AvgIpc) is 3.05. The molecule has 0 bridgehead atoms. The highest BCUT2D eigenvalue weighted by atomic mass is 16.2. The standard InChI is InChI=1S/C26H28N4O2/c1-19-23-17-27-30(22-13-8-5-9-14-22)26(32)25(23)20(2)29(19)16-10-15-24(31)28(3)18-21-11-6-4-7-12-21/h4-9,11-14,17H,10,15-16,18H2,1-3H3. The Morgan fingerprint density at radius 3 is 2.31 bits per heavy atom. The lowest BCUT2D eigenvalue weighted by molar-refractivity contribution is -0.130. The molecule has 6 nitrogen and oxygen atoms in total. The van der Waals surface area contributed by atoms with Gasteiger partial charge >= 0.3 is 0 Å². The Hall–Kier alpha value is -3.67. The molecule has 0 saturated carbocycles. The van der Waals surface area contributed by atoms with E-state index in [-0.39, 0.29) is 11.5 Å². The highest BCUT2D eigenvalue weighted by Gasteiger charge is 2.17. The van der Waals surface area contributed by atoms with Gasteiger partial charge in [0, 0.05) is 43.3 Å². The number of amides is 1. The SMILES string of the molecule is Cc1c2cnn(-c3ccccc3)c(=O)c2c(C)n1CCCC(=O)N(C)Cc1ccccc1. The third kappa shape index (κ3) is 4.21. The van der Waals surface area contributed by atoms with Gasteiger partial charge in [-0.2, -0.15) is 9.78 Å². The Bertz CT molecular complexity index is 1290. The number of fused-ring (bicyclic) bond motifs is 1. The molecule has 2 aromatic heterocycles. The van der Waals surface area contributed by atoms with Gasteiger partial charge in [-0.05, 0) is 38.0 Å². The second-order valence-corrected chi connectivity index (χ2v) is 8.15. The molecule has 0 aliphatic heterocycles. The first-order valence-corrected chi connectivity index (χ1v) is 10.9. The van der Waals surface area contributed by atoms with Gasteiger partial charge in [-0.3, -0.25) is 9.59 Å². The number of aryl methyl sites for hydroxylation is 2. The van der Waals surface area contributed by atoms with Crippen LogP contribution >= 0.6 is 0 Å². The molecule has 4 rings (SSSR count). The zero-order chi connectivity index (χ0) is 22.7. The van der Waals surface area contributed by atoms with E-state index in [9.17, 15) is 9.59 Å². The van der Waals surface area contributed by atoms with Crippen LogP contribution in [0, 0.1) is 13.8 Å². The number of nitrogens with zero attached hydrogens (tertiary/aromatic N) is 4. The molecule has 0 atom stereocenters. The van der Waals surface area contributed by atoms with Gasteiger partial charge in [0.25, 0.3) is 5.56 Å². The molecule has 0 aliphatic carbocycles. The second-order valence-electron chi connectivity index (χ2n) is 8.15. The Kier molecular flexibility index (Phi) is 6.21. The smallest absolute Gasteiger partial charge is 0.281 e. The van der Waals surface area contributed by atoms with Crippen LogP contribution in [0.25, 0.3) is 16.5 Å². The molecule has 2 aromatic carbocycles. The van der Waals surface area contributed by atoms with Crippen LogP contribution in [-0.4, -0.2) is 32.2 Å². The number of aromatic nitrogens is 3. The first kappa shape index (κ1) is 21.6. The summed E-state index contributed by atoms with van der Waals surface area (Å²) in [6.45, 7) is 5.26. The quantitative estimate of drug-likeness (QED) is 0.442. The van der Waals surface area contributed by atoms with Crippen molar-refractivity contribution in [3.05, 3.63) is 94.2 Å². The van der Waals surface area contributed by atoms with Crippen LogP contribution in [0.15, 0.2) is 71.7 Å². The first-order chi connectivity index (χ1) is 15.5. The van der Waals surface area contributed by atoms with Gasteiger partial charge in [-0.15, -0.1) is 0 Å². The van der Waals surface area contributed by atoms with Gasteiger partial charge in [0.1, 0.15) is 0 Å². The van der Waals surface area contributed by atoms with Crippen molar-refractivity contribution in [2.75, 3.05) is 7.05 Å². The monoisotopic (exact) mass is 428 g/mol.